The molecule has 8 heteroatoms. The highest BCUT2D eigenvalue weighted by Crippen LogP contribution is 2.33. The van der Waals surface area contributed by atoms with Crippen LogP contribution in [-0.4, -0.2) is 54.2 Å². The van der Waals surface area contributed by atoms with Gasteiger partial charge in [0.2, 0.25) is 12.7 Å². The van der Waals surface area contributed by atoms with Crippen LogP contribution in [0.25, 0.3) is 10.8 Å². The molecule has 6 rings (SSSR count). The topological polar surface area (TPSA) is 81.5 Å². The lowest BCUT2D eigenvalue weighted by Crippen LogP contribution is -2.45. The molecule has 2 aliphatic heterocycles. The van der Waals surface area contributed by atoms with Crippen LogP contribution in [0.2, 0.25) is 0 Å². The van der Waals surface area contributed by atoms with Gasteiger partial charge in [-0.2, -0.15) is 0 Å². The Kier molecular flexibility index (Phi) is 7.19. The van der Waals surface area contributed by atoms with Crippen molar-refractivity contribution in [1.82, 2.24) is 9.80 Å². The van der Waals surface area contributed by atoms with Crippen molar-refractivity contribution in [2.75, 3.05) is 26.5 Å². The largest absolute Gasteiger partial charge is 0.467 e. The molecule has 0 bridgehead atoms. The monoisotopic (exact) mass is 526 g/mol. The zero-order valence-corrected chi connectivity index (χ0v) is 21.6. The van der Waals surface area contributed by atoms with Crippen LogP contribution >= 0.6 is 0 Å². The second kappa shape index (κ2) is 11.2. The molecule has 0 radical (unpaired) electrons. The van der Waals surface area contributed by atoms with Crippen LogP contribution in [0.1, 0.15) is 34.5 Å². The highest BCUT2D eigenvalue weighted by molar-refractivity contribution is 6.07. The van der Waals surface area contributed by atoms with Gasteiger partial charge < -0.3 is 28.4 Å². The summed E-state index contributed by atoms with van der Waals surface area (Å²) in [5.74, 6) is 1.64. The molecule has 1 saturated heterocycles. The summed E-state index contributed by atoms with van der Waals surface area (Å²) in [5.41, 5.74) is 1.47. The average Bonchev–Trinajstić information content (AvgIpc) is 3.75. The first-order valence-corrected chi connectivity index (χ1v) is 13.2. The minimum Gasteiger partial charge on any atom is -0.467 e. The number of rotatable bonds is 9. The Morgan fingerprint density at radius 1 is 0.872 bits per heavy atom. The van der Waals surface area contributed by atoms with Crippen molar-refractivity contribution < 1.29 is 28.2 Å². The van der Waals surface area contributed by atoms with Crippen LogP contribution in [0, 0.1) is 0 Å². The Bertz CT molecular complexity index is 1460. The molecule has 1 atom stereocenters. The van der Waals surface area contributed by atoms with Gasteiger partial charge in [0.1, 0.15) is 12.3 Å². The summed E-state index contributed by atoms with van der Waals surface area (Å²) in [6, 6.07) is 22.8. The van der Waals surface area contributed by atoms with Gasteiger partial charge in [0.15, 0.2) is 11.5 Å². The van der Waals surface area contributed by atoms with E-state index in [2.05, 4.69) is 0 Å². The van der Waals surface area contributed by atoms with E-state index in [0.717, 1.165) is 29.2 Å². The van der Waals surface area contributed by atoms with Gasteiger partial charge in [-0.15, -0.1) is 0 Å². The van der Waals surface area contributed by atoms with Crippen molar-refractivity contribution in [3.63, 3.8) is 0 Å². The Balaban J connectivity index is 1.27. The van der Waals surface area contributed by atoms with E-state index in [0.29, 0.717) is 42.5 Å². The first-order chi connectivity index (χ1) is 19.1. The summed E-state index contributed by atoms with van der Waals surface area (Å²) in [7, 11) is 0. The number of hydrogen-bond acceptors (Lipinski definition) is 6. The Hall–Kier alpha value is -4.30. The van der Waals surface area contributed by atoms with Gasteiger partial charge in [0.25, 0.3) is 5.91 Å². The molecule has 3 aromatic carbocycles. The smallest absolute Gasteiger partial charge is 0.255 e. The SMILES string of the molecule is O=C(CN(C[C@H]1CCCO1)C(=O)c1cccc2ccccc12)N(Cc1ccc2c(c1)OCO2)Cc1ccco1. The quantitative estimate of drug-likeness (QED) is 0.305. The van der Waals surface area contributed by atoms with Crippen LogP contribution in [0.15, 0.2) is 83.5 Å². The molecular formula is C31H30N2O6. The number of carbonyl (C=O) groups excluding carboxylic acids is 2. The summed E-state index contributed by atoms with van der Waals surface area (Å²) in [4.78, 5) is 31.2. The van der Waals surface area contributed by atoms with Gasteiger partial charge in [-0.25, -0.2) is 0 Å². The summed E-state index contributed by atoms with van der Waals surface area (Å²) >= 11 is 0. The van der Waals surface area contributed by atoms with E-state index in [1.165, 1.54) is 0 Å². The number of ether oxygens (including phenoxy) is 3. The zero-order valence-electron chi connectivity index (χ0n) is 21.6. The molecule has 3 heterocycles. The summed E-state index contributed by atoms with van der Waals surface area (Å²) in [6.07, 6.45) is 3.31. The second-order valence-corrected chi connectivity index (χ2v) is 9.86. The molecule has 4 aromatic rings. The second-order valence-electron chi connectivity index (χ2n) is 9.86. The first-order valence-electron chi connectivity index (χ1n) is 13.2. The number of fused-ring (bicyclic) bond motifs is 2. The summed E-state index contributed by atoms with van der Waals surface area (Å²) in [5, 5.41) is 1.84. The summed E-state index contributed by atoms with van der Waals surface area (Å²) in [6.45, 7) is 1.73. The number of benzene rings is 3. The Labute approximate surface area is 226 Å². The van der Waals surface area contributed by atoms with Crippen molar-refractivity contribution >= 4 is 22.6 Å². The van der Waals surface area contributed by atoms with Crippen LogP contribution < -0.4 is 9.47 Å². The zero-order chi connectivity index (χ0) is 26.6. The van der Waals surface area contributed by atoms with Gasteiger partial charge in [0.05, 0.1) is 18.9 Å². The van der Waals surface area contributed by atoms with E-state index < -0.39 is 0 Å². The van der Waals surface area contributed by atoms with E-state index in [4.69, 9.17) is 18.6 Å². The average molecular weight is 527 g/mol. The lowest BCUT2D eigenvalue weighted by atomic mass is 10.0. The van der Waals surface area contributed by atoms with Crippen molar-refractivity contribution in [3.05, 3.63) is 95.9 Å². The van der Waals surface area contributed by atoms with Crippen molar-refractivity contribution in [1.29, 1.82) is 0 Å². The first kappa shape index (κ1) is 25.0. The molecule has 0 N–H and O–H groups in total. The number of nitrogens with zero attached hydrogens (tertiary/aromatic N) is 2. The highest BCUT2D eigenvalue weighted by Gasteiger charge is 2.28. The third-order valence-electron chi connectivity index (χ3n) is 7.17. The van der Waals surface area contributed by atoms with E-state index in [9.17, 15) is 9.59 Å². The molecule has 39 heavy (non-hydrogen) atoms. The van der Waals surface area contributed by atoms with Crippen molar-refractivity contribution in [3.8, 4) is 11.5 Å². The molecular weight excluding hydrogens is 496 g/mol. The summed E-state index contributed by atoms with van der Waals surface area (Å²) < 4.78 is 22.4. The van der Waals surface area contributed by atoms with E-state index in [-0.39, 0.29) is 37.8 Å². The molecule has 2 aliphatic rings. The third kappa shape index (κ3) is 5.61. The normalized spacial score (nSPS) is 15.9. The van der Waals surface area contributed by atoms with E-state index in [1.807, 2.05) is 66.7 Å². The van der Waals surface area contributed by atoms with Gasteiger partial charge in [-0.1, -0.05) is 42.5 Å². The Morgan fingerprint density at radius 2 is 1.74 bits per heavy atom. The fourth-order valence-corrected chi connectivity index (χ4v) is 5.18. The fourth-order valence-electron chi connectivity index (χ4n) is 5.18. The predicted octanol–water partition coefficient (Wildman–Crippen LogP) is 5.01. The van der Waals surface area contributed by atoms with Crippen LogP contribution in [0.5, 0.6) is 11.5 Å². The van der Waals surface area contributed by atoms with Crippen LogP contribution in [0.4, 0.5) is 0 Å². The molecule has 0 saturated carbocycles. The van der Waals surface area contributed by atoms with Gasteiger partial charge in [0, 0.05) is 25.3 Å². The van der Waals surface area contributed by atoms with Gasteiger partial charge in [-0.05, 0) is 59.5 Å². The highest BCUT2D eigenvalue weighted by atomic mass is 16.7. The van der Waals surface area contributed by atoms with E-state index >= 15 is 0 Å². The molecule has 0 spiro atoms. The van der Waals surface area contributed by atoms with Gasteiger partial charge >= 0.3 is 0 Å². The molecule has 1 aromatic heterocycles. The minimum atomic E-state index is -0.185. The molecule has 0 aliphatic carbocycles. The lowest BCUT2D eigenvalue weighted by Gasteiger charge is -2.29. The molecule has 200 valence electrons. The van der Waals surface area contributed by atoms with Crippen LogP contribution in [0.3, 0.4) is 0 Å². The predicted molar refractivity (Wildman–Crippen MR) is 144 cm³/mol. The maximum Gasteiger partial charge on any atom is 0.255 e. The molecule has 1 fully saturated rings. The lowest BCUT2D eigenvalue weighted by molar-refractivity contribution is -0.133. The fraction of sp³-hybridized carbons (Fsp3) is 0.290. The number of carbonyl (C=O) groups is 2. The maximum absolute atomic E-state index is 14.0. The maximum atomic E-state index is 14.0. The molecule has 8 nitrogen and oxygen atoms in total. The van der Waals surface area contributed by atoms with Crippen molar-refractivity contribution in [2.45, 2.75) is 32.0 Å². The number of amides is 2. The minimum absolute atomic E-state index is 0.0762. The Morgan fingerprint density at radius 3 is 2.59 bits per heavy atom. The molecule has 2 amide bonds. The van der Waals surface area contributed by atoms with E-state index in [1.54, 1.807) is 22.1 Å². The van der Waals surface area contributed by atoms with Gasteiger partial charge in [-0.3, -0.25) is 9.59 Å². The third-order valence-corrected chi connectivity index (χ3v) is 7.17. The number of hydrogen-bond donors (Lipinski definition) is 0. The molecule has 0 unspecified atom stereocenters. The standard InChI is InChI=1S/C31H30N2O6/c34-30(32(18-24-8-4-14-36-24)17-22-12-13-28-29(16-22)39-21-38-28)20-33(19-25-9-5-15-37-25)31(35)27-11-3-7-23-6-1-2-10-26(23)27/h1-4,6-8,10-14,16,25H,5,9,15,17-21H2/t25-/m1/s1. The van der Waals surface area contributed by atoms with Crippen LogP contribution in [-0.2, 0) is 22.6 Å². The number of furan rings is 1. The van der Waals surface area contributed by atoms with Crippen molar-refractivity contribution in [2.24, 2.45) is 0 Å².